The van der Waals surface area contributed by atoms with Crippen LogP contribution in [0.1, 0.15) is 57.9 Å². The zero-order valence-electron chi connectivity index (χ0n) is 14.6. The van der Waals surface area contributed by atoms with Gasteiger partial charge in [0.25, 0.3) is 5.91 Å². The molecule has 0 bridgehead atoms. The summed E-state index contributed by atoms with van der Waals surface area (Å²) >= 11 is 6.04. The van der Waals surface area contributed by atoms with Crippen LogP contribution in [0.5, 0.6) is 0 Å². The first-order valence-electron chi connectivity index (χ1n) is 8.09. The summed E-state index contributed by atoms with van der Waals surface area (Å²) in [5.74, 6) is -0.123. The first-order chi connectivity index (χ1) is 11.3. The number of carbonyl (C=O) groups excluding carboxylic acids is 2. The molecule has 2 aromatic rings. The number of benzene rings is 1. The molecule has 1 amide bonds. The maximum absolute atomic E-state index is 13.1. The molecular weight excluding hydrogens is 324 g/mol. The molecule has 1 N–H and O–H groups in total. The molecule has 128 valence electrons. The Balaban J connectivity index is 2.34. The molecule has 24 heavy (non-hydrogen) atoms. The van der Waals surface area contributed by atoms with Crippen molar-refractivity contribution in [2.75, 3.05) is 6.54 Å². The Morgan fingerprint density at radius 1 is 1.25 bits per heavy atom. The van der Waals surface area contributed by atoms with E-state index in [0.29, 0.717) is 29.4 Å². The van der Waals surface area contributed by atoms with E-state index in [4.69, 9.17) is 11.6 Å². The van der Waals surface area contributed by atoms with E-state index in [-0.39, 0.29) is 11.7 Å². The number of rotatable bonds is 6. The van der Waals surface area contributed by atoms with Gasteiger partial charge in [0, 0.05) is 30.7 Å². The summed E-state index contributed by atoms with van der Waals surface area (Å²) in [5.41, 5.74) is 3.54. The van der Waals surface area contributed by atoms with Crippen LogP contribution in [0.2, 0.25) is 5.02 Å². The fraction of sp³-hybridized carbons (Fsp3) is 0.368. The minimum atomic E-state index is -0.0634. The predicted molar refractivity (Wildman–Crippen MR) is 96.8 cm³/mol. The van der Waals surface area contributed by atoms with Crippen molar-refractivity contribution in [3.05, 3.63) is 57.4 Å². The third-order valence-electron chi connectivity index (χ3n) is 4.05. The second-order valence-corrected chi connectivity index (χ2v) is 6.47. The minimum Gasteiger partial charge on any atom is -0.355 e. The van der Waals surface area contributed by atoms with E-state index in [0.717, 1.165) is 23.2 Å². The van der Waals surface area contributed by atoms with Gasteiger partial charge in [-0.05, 0) is 43.5 Å². The van der Waals surface area contributed by atoms with Crippen molar-refractivity contribution in [1.82, 2.24) is 9.88 Å². The number of halogens is 1. The average molecular weight is 347 g/mol. The number of aryl methyl sites for hydroxylation is 1. The molecule has 0 aliphatic rings. The molecule has 0 atom stereocenters. The molecule has 0 spiro atoms. The van der Waals surface area contributed by atoms with Gasteiger partial charge in [-0.25, -0.2) is 0 Å². The number of carbonyl (C=O) groups is 2. The smallest absolute Gasteiger partial charge is 0.256 e. The van der Waals surface area contributed by atoms with Gasteiger partial charge in [0.2, 0.25) is 0 Å². The minimum absolute atomic E-state index is 0.0597. The molecular formula is C19H23ClN2O2. The molecule has 1 aromatic heterocycles. The lowest BCUT2D eigenvalue weighted by molar-refractivity contribution is 0.0742. The number of amides is 1. The van der Waals surface area contributed by atoms with Crippen molar-refractivity contribution < 1.29 is 9.59 Å². The fourth-order valence-corrected chi connectivity index (χ4v) is 3.17. The number of aromatic nitrogens is 1. The Kier molecular flexibility index (Phi) is 5.84. The Labute approximate surface area is 147 Å². The van der Waals surface area contributed by atoms with Crippen LogP contribution in [0, 0.1) is 13.8 Å². The average Bonchev–Trinajstić information content (AvgIpc) is 2.81. The predicted octanol–water partition coefficient (Wildman–Crippen LogP) is 4.54. The normalized spacial score (nSPS) is 10.7. The van der Waals surface area contributed by atoms with Crippen molar-refractivity contribution in [3.63, 3.8) is 0 Å². The molecule has 0 radical (unpaired) electrons. The zero-order chi connectivity index (χ0) is 17.9. The quantitative estimate of drug-likeness (QED) is 0.781. The van der Waals surface area contributed by atoms with Crippen LogP contribution in [0.15, 0.2) is 24.3 Å². The monoisotopic (exact) mass is 346 g/mol. The summed E-state index contributed by atoms with van der Waals surface area (Å²) < 4.78 is 0. The molecule has 1 aromatic carbocycles. The molecule has 0 fully saturated rings. The largest absolute Gasteiger partial charge is 0.355 e. The van der Waals surface area contributed by atoms with E-state index in [1.165, 1.54) is 6.92 Å². The third-order valence-corrected chi connectivity index (χ3v) is 4.28. The second kappa shape index (κ2) is 7.67. The van der Waals surface area contributed by atoms with Gasteiger partial charge in [0.1, 0.15) is 0 Å². The van der Waals surface area contributed by atoms with Crippen LogP contribution in [0.3, 0.4) is 0 Å². The highest BCUT2D eigenvalue weighted by molar-refractivity contribution is 6.30. The number of ketones is 1. The highest BCUT2D eigenvalue weighted by Crippen LogP contribution is 2.22. The number of H-pyrrole nitrogens is 1. The van der Waals surface area contributed by atoms with E-state index < -0.39 is 0 Å². The maximum Gasteiger partial charge on any atom is 0.256 e. The van der Waals surface area contributed by atoms with Crippen LogP contribution >= 0.6 is 11.6 Å². The van der Waals surface area contributed by atoms with E-state index in [9.17, 15) is 9.59 Å². The highest BCUT2D eigenvalue weighted by Gasteiger charge is 2.24. The lowest BCUT2D eigenvalue weighted by atomic mass is 10.1. The summed E-state index contributed by atoms with van der Waals surface area (Å²) in [5, 5.41) is 0.657. The molecule has 0 saturated heterocycles. The van der Waals surface area contributed by atoms with Crippen LogP contribution in [0.25, 0.3) is 0 Å². The third kappa shape index (κ3) is 3.88. The summed E-state index contributed by atoms with van der Waals surface area (Å²) in [4.78, 5) is 29.6. The molecule has 4 nitrogen and oxygen atoms in total. The lowest BCUT2D eigenvalue weighted by Crippen LogP contribution is -2.32. The number of Topliss-reactive ketones (excluding diaryl/α,β-unsaturated/α-hetero) is 1. The zero-order valence-corrected chi connectivity index (χ0v) is 15.3. The van der Waals surface area contributed by atoms with E-state index in [2.05, 4.69) is 4.98 Å². The fourth-order valence-electron chi connectivity index (χ4n) is 2.96. The molecule has 5 heteroatoms. The molecule has 2 rings (SSSR count). The number of aromatic amines is 1. The second-order valence-electron chi connectivity index (χ2n) is 6.04. The molecule has 0 aliphatic heterocycles. The summed E-state index contributed by atoms with van der Waals surface area (Å²) in [6.07, 6.45) is 0.856. The van der Waals surface area contributed by atoms with Crippen LogP contribution in [-0.4, -0.2) is 28.1 Å². The molecule has 0 saturated carbocycles. The van der Waals surface area contributed by atoms with Crippen molar-refractivity contribution in [2.45, 2.75) is 40.7 Å². The van der Waals surface area contributed by atoms with Gasteiger partial charge in [-0.3, -0.25) is 9.59 Å². The van der Waals surface area contributed by atoms with Gasteiger partial charge in [-0.2, -0.15) is 0 Å². The number of nitrogens with zero attached hydrogens (tertiary/aromatic N) is 1. The van der Waals surface area contributed by atoms with Gasteiger partial charge >= 0.3 is 0 Å². The lowest BCUT2D eigenvalue weighted by Gasteiger charge is -2.23. The van der Waals surface area contributed by atoms with E-state index >= 15 is 0 Å². The van der Waals surface area contributed by atoms with E-state index in [1.807, 2.05) is 45.0 Å². The summed E-state index contributed by atoms with van der Waals surface area (Å²) in [7, 11) is 0. The van der Waals surface area contributed by atoms with Gasteiger partial charge in [0.15, 0.2) is 5.78 Å². The summed E-state index contributed by atoms with van der Waals surface area (Å²) in [6, 6.07) is 7.53. The van der Waals surface area contributed by atoms with Crippen LogP contribution in [0.4, 0.5) is 0 Å². The SMILES string of the molecule is CCCN(Cc1cccc(Cl)c1)C(=O)c1c(C)[nH]c(C(C)=O)c1C. The Morgan fingerprint density at radius 3 is 2.50 bits per heavy atom. The van der Waals surface area contributed by atoms with Crippen molar-refractivity contribution in [1.29, 1.82) is 0 Å². The summed E-state index contributed by atoms with van der Waals surface area (Å²) in [6.45, 7) is 8.32. The Morgan fingerprint density at radius 2 is 1.96 bits per heavy atom. The van der Waals surface area contributed by atoms with Gasteiger partial charge in [-0.15, -0.1) is 0 Å². The standard InChI is InChI=1S/C19H23ClN2O2/c1-5-9-22(11-15-7-6-8-16(20)10-15)19(24)17-12(2)18(14(4)23)21-13(17)3/h6-8,10,21H,5,9,11H2,1-4H3. The van der Waals surface area contributed by atoms with Crippen LogP contribution < -0.4 is 0 Å². The van der Waals surface area contributed by atoms with Crippen molar-refractivity contribution in [3.8, 4) is 0 Å². The Hall–Kier alpha value is -2.07. The van der Waals surface area contributed by atoms with Gasteiger partial charge in [0.05, 0.1) is 11.3 Å². The molecule has 0 unspecified atom stereocenters. The molecule has 0 aliphatic carbocycles. The van der Waals surface area contributed by atoms with Crippen molar-refractivity contribution >= 4 is 23.3 Å². The first-order valence-corrected chi connectivity index (χ1v) is 8.46. The van der Waals surface area contributed by atoms with Crippen molar-refractivity contribution in [2.24, 2.45) is 0 Å². The topological polar surface area (TPSA) is 53.2 Å². The maximum atomic E-state index is 13.1. The first kappa shape index (κ1) is 18.3. The Bertz CT molecular complexity index is 765. The van der Waals surface area contributed by atoms with Gasteiger partial charge < -0.3 is 9.88 Å². The van der Waals surface area contributed by atoms with Crippen LogP contribution in [-0.2, 0) is 6.54 Å². The molecule has 1 heterocycles. The number of hydrogen-bond donors (Lipinski definition) is 1. The van der Waals surface area contributed by atoms with Gasteiger partial charge in [-0.1, -0.05) is 30.7 Å². The number of hydrogen-bond acceptors (Lipinski definition) is 2. The highest BCUT2D eigenvalue weighted by atomic mass is 35.5. The number of nitrogens with one attached hydrogen (secondary N) is 1. The van der Waals surface area contributed by atoms with E-state index in [1.54, 1.807) is 4.90 Å².